The number of hydrogen-bond acceptors (Lipinski definition) is 4. The summed E-state index contributed by atoms with van der Waals surface area (Å²) in [5.41, 5.74) is 1.53. The number of imide groups is 1. The number of carbonyl (C=O) groups is 2. The number of carbonyl (C=O) groups excluding carboxylic acids is 2. The van der Waals surface area contributed by atoms with E-state index in [-0.39, 0.29) is 17.7 Å². The lowest BCUT2D eigenvalue weighted by atomic mass is 10.2. The Bertz CT molecular complexity index is 882. The van der Waals surface area contributed by atoms with Gasteiger partial charge in [-0.05, 0) is 53.2 Å². The van der Waals surface area contributed by atoms with E-state index in [2.05, 4.69) is 0 Å². The molecule has 2 aromatic rings. The molecular formula is C18H13Cl2NO3S. The summed E-state index contributed by atoms with van der Waals surface area (Å²) in [6.07, 6.45) is 1.68. The normalized spacial score (nSPS) is 16.0. The highest BCUT2D eigenvalue weighted by Crippen LogP contribution is 2.34. The predicted molar refractivity (Wildman–Crippen MR) is 101 cm³/mol. The molecule has 0 aliphatic carbocycles. The topological polar surface area (TPSA) is 46.6 Å². The second-order valence-corrected chi connectivity index (χ2v) is 7.10. The van der Waals surface area contributed by atoms with Crippen LogP contribution in [0, 0.1) is 0 Å². The van der Waals surface area contributed by atoms with Crippen LogP contribution in [-0.4, -0.2) is 23.2 Å². The van der Waals surface area contributed by atoms with Gasteiger partial charge in [-0.15, -0.1) is 0 Å². The van der Waals surface area contributed by atoms with Crippen molar-refractivity contribution in [3.63, 3.8) is 0 Å². The Hall–Kier alpha value is -1.95. The molecule has 0 bridgehead atoms. The van der Waals surface area contributed by atoms with Crippen molar-refractivity contribution >= 4 is 52.2 Å². The maximum absolute atomic E-state index is 12.6. The Kier molecular flexibility index (Phi) is 5.37. The fourth-order valence-corrected chi connectivity index (χ4v) is 3.50. The number of rotatable bonds is 4. The van der Waals surface area contributed by atoms with Gasteiger partial charge in [0.1, 0.15) is 5.75 Å². The van der Waals surface area contributed by atoms with Crippen LogP contribution in [0.25, 0.3) is 6.08 Å². The molecular weight excluding hydrogens is 381 g/mol. The summed E-state index contributed by atoms with van der Waals surface area (Å²) in [6, 6.07) is 12.3. The second-order valence-electron chi connectivity index (χ2n) is 5.29. The summed E-state index contributed by atoms with van der Waals surface area (Å²) < 4.78 is 5.17. The highest BCUT2D eigenvalue weighted by atomic mass is 35.5. The Morgan fingerprint density at radius 2 is 1.92 bits per heavy atom. The van der Waals surface area contributed by atoms with E-state index < -0.39 is 0 Å². The van der Waals surface area contributed by atoms with Crippen molar-refractivity contribution in [3.05, 3.63) is 68.5 Å². The average Bonchev–Trinajstić information content (AvgIpc) is 2.86. The van der Waals surface area contributed by atoms with Gasteiger partial charge in [0, 0.05) is 0 Å². The summed E-state index contributed by atoms with van der Waals surface area (Å²) >= 11 is 12.8. The first-order chi connectivity index (χ1) is 12.0. The Morgan fingerprint density at radius 1 is 1.12 bits per heavy atom. The minimum Gasteiger partial charge on any atom is -0.497 e. The van der Waals surface area contributed by atoms with E-state index >= 15 is 0 Å². The summed E-state index contributed by atoms with van der Waals surface area (Å²) in [5, 5.41) is 0.501. The number of thioether (sulfide) groups is 1. The first-order valence-electron chi connectivity index (χ1n) is 7.31. The molecule has 0 saturated carbocycles. The fraction of sp³-hybridized carbons (Fsp3) is 0.111. The van der Waals surface area contributed by atoms with Crippen LogP contribution < -0.4 is 4.74 Å². The predicted octanol–water partition coefficient (Wildman–Crippen LogP) is 5.24. The molecule has 3 rings (SSSR count). The Labute approximate surface area is 159 Å². The third kappa shape index (κ3) is 4.00. The molecule has 25 heavy (non-hydrogen) atoms. The van der Waals surface area contributed by atoms with E-state index in [1.165, 1.54) is 4.90 Å². The minimum absolute atomic E-state index is 0.150. The molecule has 2 amide bonds. The first kappa shape index (κ1) is 17.9. The van der Waals surface area contributed by atoms with Crippen molar-refractivity contribution in [3.8, 4) is 5.75 Å². The lowest BCUT2D eigenvalue weighted by molar-refractivity contribution is -0.123. The van der Waals surface area contributed by atoms with Crippen LogP contribution in [0.1, 0.15) is 11.1 Å². The van der Waals surface area contributed by atoms with Crippen molar-refractivity contribution < 1.29 is 14.3 Å². The lowest BCUT2D eigenvalue weighted by Crippen LogP contribution is -2.27. The molecule has 0 radical (unpaired) electrons. The molecule has 1 aliphatic heterocycles. The van der Waals surface area contributed by atoms with E-state index in [0.29, 0.717) is 20.7 Å². The Morgan fingerprint density at radius 3 is 2.64 bits per heavy atom. The number of hydrogen-bond donors (Lipinski definition) is 0. The molecule has 2 aromatic carbocycles. The van der Waals surface area contributed by atoms with E-state index in [1.807, 2.05) is 18.2 Å². The highest BCUT2D eigenvalue weighted by molar-refractivity contribution is 8.18. The molecule has 1 saturated heterocycles. The van der Waals surface area contributed by atoms with Gasteiger partial charge >= 0.3 is 0 Å². The van der Waals surface area contributed by atoms with Gasteiger partial charge in [-0.1, -0.05) is 41.4 Å². The van der Waals surface area contributed by atoms with Gasteiger partial charge in [0.25, 0.3) is 11.1 Å². The van der Waals surface area contributed by atoms with Crippen LogP contribution >= 0.6 is 35.0 Å². The molecule has 1 aliphatic rings. The Balaban J connectivity index is 1.81. The highest BCUT2D eigenvalue weighted by Gasteiger charge is 2.35. The molecule has 0 aromatic heterocycles. The van der Waals surface area contributed by atoms with Crippen LogP contribution in [0.3, 0.4) is 0 Å². The number of benzene rings is 2. The zero-order chi connectivity index (χ0) is 18.0. The zero-order valence-corrected chi connectivity index (χ0v) is 15.5. The van der Waals surface area contributed by atoms with Crippen molar-refractivity contribution in [2.75, 3.05) is 7.11 Å². The second kappa shape index (κ2) is 7.52. The van der Waals surface area contributed by atoms with E-state index in [1.54, 1.807) is 37.5 Å². The summed E-state index contributed by atoms with van der Waals surface area (Å²) in [6.45, 7) is 0.150. The van der Waals surface area contributed by atoms with Gasteiger partial charge in [0.05, 0.1) is 28.6 Å². The smallest absolute Gasteiger partial charge is 0.293 e. The van der Waals surface area contributed by atoms with Gasteiger partial charge in [-0.2, -0.15) is 0 Å². The molecule has 0 unspecified atom stereocenters. The van der Waals surface area contributed by atoms with Crippen molar-refractivity contribution in [1.29, 1.82) is 0 Å². The molecule has 0 spiro atoms. The maximum Gasteiger partial charge on any atom is 0.293 e. The third-order valence-electron chi connectivity index (χ3n) is 3.59. The summed E-state index contributed by atoms with van der Waals surface area (Å²) in [4.78, 5) is 26.3. The number of amides is 2. The molecule has 7 heteroatoms. The van der Waals surface area contributed by atoms with Gasteiger partial charge in [-0.3, -0.25) is 14.5 Å². The van der Waals surface area contributed by atoms with Crippen LogP contribution in [0.5, 0.6) is 5.75 Å². The third-order valence-corrected chi connectivity index (χ3v) is 5.24. The monoisotopic (exact) mass is 393 g/mol. The van der Waals surface area contributed by atoms with Crippen LogP contribution in [0.4, 0.5) is 4.79 Å². The number of methoxy groups -OCH3 is 1. The quantitative estimate of drug-likeness (QED) is 0.666. The van der Waals surface area contributed by atoms with Gasteiger partial charge in [0.15, 0.2) is 0 Å². The number of halogens is 2. The van der Waals surface area contributed by atoms with Crippen LogP contribution in [-0.2, 0) is 11.3 Å². The summed E-state index contributed by atoms with van der Waals surface area (Å²) in [5.74, 6) is 0.354. The lowest BCUT2D eigenvalue weighted by Gasteiger charge is -2.12. The van der Waals surface area contributed by atoms with E-state index in [4.69, 9.17) is 27.9 Å². The summed E-state index contributed by atoms with van der Waals surface area (Å²) in [7, 11) is 1.57. The standard InChI is InChI=1S/C18H13Cl2NO3S/c1-24-13-4-2-3-11(7-13)9-16-17(22)21(18(23)25-16)10-12-5-6-14(19)15(20)8-12/h2-9H,10H2,1H3/b16-9+. The van der Waals surface area contributed by atoms with E-state index in [0.717, 1.165) is 22.9 Å². The van der Waals surface area contributed by atoms with Gasteiger partial charge in [0.2, 0.25) is 0 Å². The van der Waals surface area contributed by atoms with Crippen LogP contribution in [0.2, 0.25) is 10.0 Å². The van der Waals surface area contributed by atoms with Gasteiger partial charge in [-0.25, -0.2) is 0 Å². The maximum atomic E-state index is 12.6. The molecule has 4 nitrogen and oxygen atoms in total. The minimum atomic E-state index is -0.330. The largest absolute Gasteiger partial charge is 0.497 e. The average molecular weight is 394 g/mol. The fourth-order valence-electron chi connectivity index (χ4n) is 2.34. The first-order valence-corrected chi connectivity index (χ1v) is 8.88. The van der Waals surface area contributed by atoms with Gasteiger partial charge < -0.3 is 4.74 Å². The van der Waals surface area contributed by atoms with Crippen molar-refractivity contribution in [2.45, 2.75) is 6.54 Å². The number of ether oxygens (including phenoxy) is 1. The van der Waals surface area contributed by atoms with Crippen molar-refractivity contribution in [1.82, 2.24) is 4.90 Å². The molecule has 0 N–H and O–H groups in total. The number of nitrogens with zero attached hydrogens (tertiary/aromatic N) is 1. The molecule has 1 heterocycles. The van der Waals surface area contributed by atoms with Crippen molar-refractivity contribution in [2.24, 2.45) is 0 Å². The molecule has 0 atom stereocenters. The molecule has 128 valence electrons. The zero-order valence-electron chi connectivity index (χ0n) is 13.2. The van der Waals surface area contributed by atoms with Crippen LogP contribution in [0.15, 0.2) is 47.4 Å². The van der Waals surface area contributed by atoms with E-state index in [9.17, 15) is 9.59 Å². The SMILES string of the molecule is COc1cccc(/C=C2/SC(=O)N(Cc3ccc(Cl)c(Cl)c3)C2=O)c1. The molecule has 1 fully saturated rings.